The van der Waals surface area contributed by atoms with Crippen molar-refractivity contribution in [1.82, 2.24) is 29.2 Å². The van der Waals surface area contributed by atoms with E-state index < -0.39 is 23.7 Å². The summed E-state index contributed by atoms with van der Waals surface area (Å²) >= 11 is 0. The Morgan fingerprint density at radius 2 is 1.74 bits per heavy atom. The molecule has 4 aromatic heterocycles. The number of benzene rings is 1. The normalized spacial score (nSPS) is 19.1. The van der Waals surface area contributed by atoms with E-state index in [0.717, 1.165) is 99.9 Å². The van der Waals surface area contributed by atoms with Gasteiger partial charge in [-0.05, 0) is 94.5 Å². The van der Waals surface area contributed by atoms with E-state index >= 15 is 0 Å². The summed E-state index contributed by atoms with van der Waals surface area (Å²) in [6.07, 6.45) is 9.92. The summed E-state index contributed by atoms with van der Waals surface area (Å²) in [5.74, 6) is 5.53. The number of halogens is 3. The molecule has 1 aromatic carbocycles. The van der Waals surface area contributed by atoms with E-state index in [4.69, 9.17) is 19.3 Å². The lowest BCUT2D eigenvalue weighted by Gasteiger charge is -2.36. The van der Waals surface area contributed by atoms with E-state index in [-0.39, 0.29) is 48.4 Å². The molecular weight excluding hydrogens is 896 g/mol. The molecule has 19 heteroatoms. The minimum atomic E-state index is -4.67. The summed E-state index contributed by atoms with van der Waals surface area (Å²) in [5.41, 5.74) is 1.23. The van der Waals surface area contributed by atoms with Crippen LogP contribution in [0.15, 0.2) is 78.1 Å². The third kappa shape index (κ3) is 12.7. The van der Waals surface area contributed by atoms with Gasteiger partial charge in [-0.25, -0.2) is 4.98 Å². The molecule has 3 fully saturated rings. The van der Waals surface area contributed by atoms with Crippen molar-refractivity contribution >= 4 is 45.7 Å². The number of nitrogens with one attached hydrogen (secondary N) is 2. The number of fused-ring (bicyclic) bond motifs is 1. The highest BCUT2D eigenvalue weighted by atomic mass is 19.4. The molecule has 1 aliphatic carbocycles. The molecule has 8 rings (SSSR count). The van der Waals surface area contributed by atoms with Crippen LogP contribution in [0, 0.1) is 23.7 Å². The molecule has 2 N–H and O–H groups in total. The second-order valence-electron chi connectivity index (χ2n) is 17.8. The molecule has 2 aliphatic heterocycles. The van der Waals surface area contributed by atoms with Crippen LogP contribution in [0.3, 0.4) is 0 Å². The van der Waals surface area contributed by atoms with Crippen molar-refractivity contribution in [2.75, 3.05) is 68.6 Å². The highest BCUT2D eigenvalue weighted by molar-refractivity contribution is 6.05. The van der Waals surface area contributed by atoms with Gasteiger partial charge in [0.15, 0.2) is 0 Å². The monoisotopic (exact) mass is 951 g/mol. The fourth-order valence-corrected chi connectivity index (χ4v) is 9.36. The standard InChI is InChI=1S/C50H56F3N9O7/c1-3-68-47(64)32-61-31-37(13-16-46(61)63)55-48(65)35-8-5-19-60(29-35)39-23-34(26-54-27-39)7-6-22-69-40-17-20-59(21-18-40)28-33-11-14-38(15-12-33)62-30-36-24-43(44(67-2)25-42(36)58-62)57-49(66)41-9-4-10-45(56-41)50(51,52)53/h4,9-10,13,16,23-27,30-31,33,35,38,40H,3,5,8,11-12,14-15,17-22,28-29,32H2,1-2H3,(H,55,65)(H,57,66)/t33?,35-,38?/m0/s1. The van der Waals surface area contributed by atoms with Crippen LogP contribution in [0.1, 0.15) is 86.1 Å². The fraction of sp³-hybridized carbons (Fsp3) is 0.460. The van der Waals surface area contributed by atoms with Crippen molar-refractivity contribution in [1.29, 1.82) is 0 Å². The number of pyridine rings is 3. The van der Waals surface area contributed by atoms with E-state index in [1.165, 1.54) is 36.1 Å². The molecule has 1 saturated carbocycles. The Bertz CT molecular complexity index is 2750. The van der Waals surface area contributed by atoms with Crippen LogP contribution >= 0.6 is 0 Å². The quantitative estimate of drug-likeness (QED) is 0.0868. The number of piperidine rings is 2. The lowest BCUT2D eigenvalue weighted by Crippen LogP contribution is -2.41. The van der Waals surface area contributed by atoms with Crippen molar-refractivity contribution < 1.29 is 41.8 Å². The lowest BCUT2D eigenvalue weighted by atomic mass is 9.85. The summed E-state index contributed by atoms with van der Waals surface area (Å²) in [5, 5.41) is 11.2. The van der Waals surface area contributed by atoms with Gasteiger partial charge in [-0.15, -0.1) is 0 Å². The Morgan fingerprint density at radius 1 is 0.928 bits per heavy atom. The van der Waals surface area contributed by atoms with Crippen LogP contribution in [0.5, 0.6) is 5.75 Å². The average molecular weight is 952 g/mol. The number of esters is 1. The number of nitrogens with zero attached hydrogens (tertiary/aromatic N) is 7. The van der Waals surface area contributed by atoms with Gasteiger partial charge in [-0.2, -0.15) is 18.3 Å². The highest BCUT2D eigenvalue weighted by Gasteiger charge is 2.33. The van der Waals surface area contributed by atoms with Crippen molar-refractivity contribution in [2.24, 2.45) is 11.8 Å². The Morgan fingerprint density at radius 3 is 2.51 bits per heavy atom. The van der Waals surface area contributed by atoms with Gasteiger partial charge < -0.3 is 39.2 Å². The lowest BCUT2D eigenvalue weighted by molar-refractivity contribution is -0.144. The SMILES string of the molecule is CCOC(=O)Cn1cc(NC(=O)[C@H]2CCCN(c3cncc(C#CCOC4CCN(CC5CCC(n6cc7cc(NC(=O)c8cccc(C(F)(F)F)n8)c(OC)cc7n6)CC5)CC4)c3)C2)ccc1=O. The maximum atomic E-state index is 13.3. The molecule has 0 bridgehead atoms. The third-order valence-corrected chi connectivity index (χ3v) is 13.0. The summed E-state index contributed by atoms with van der Waals surface area (Å²) < 4.78 is 59.5. The smallest absolute Gasteiger partial charge is 0.433 e. The van der Waals surface area contributed by atoms with Crippen molar-refractivity contribution in [2.45, 2.75) is 83.2 Å². The van der Waals surface area contributed by atoms with E-state index in [1.54, 1.807) is 31.5 Å². The van der Waals surface area contributed by atoms with Crippen molar-refractivity contribution in [3.05, 3.63) is 101 Å². The van der Waals surface area contributed by atoms with Crippen molar-refractivity contribution in [3.8, 4) is 17.6 Å². The molecule has 5 aromatic rings. The molecule has 0 radical (unpaired) electrons. The van der Waals surface area contributed by atoms with Gasteiger partial charge in [0, 0.05) is 74.4 Å². The molecule has 2 saturated heterocycles. The maximum Gasteiger partial charge on any atom is 0.433 e. The van der Waals surface area contributed by atoms with E-state index in [2.05, 4.69) is 42.2 Å². The molecular formula is C50H56F3N9O7. The first-order chi connectivity index (χ1) is 33.3. The predicted molar refractivity (Wildman–Crippen MR) is 252 cm³/mol. The Kier molecular flexibility index (Phi) is 15.6. The summed E-state index contributed by atoms with van der Waals surface area (Å²) in [4.78, 5) is 63.0. The second kappa shape index (κ2) is 22.1. The first-order valence-electron chi connectivity index (χ1n) is 23.4. The molecule has 1 atom stereocenters. The van der Waals surface area contributed by atoms with Crippen LogP contribution in [-0.4, -0.2) is 106 Å². The molecule has 16 nitrogen and oxygen atoms in total. The van der Waals surface area contributed by atoms with Gasteiger partial charge >= 0.3 is 12.1 Å². The highest BCUT2D eigenvalue weighted by Crippen LogP contribution is 2.36. The van der Waals surface area contributed by atoms with Crippen molar-refractivity contribution in [3.63, 3.8) is 0 Å². The predicted octanol–water partition coefficient (Wildman–Crippen LogP) is 6.95. The van der Waals surface area contributed by atoms with Crippen LogP contribution in [0.2, 0.25) is 0 Å². The second-order valence-corrected chi connectivity index (χ2v) is 17.8. The number of rotatable bonds is 14. The fourth-order valence-electron chi connectivity index (χ4n) is 9.36. The molecule has 2 amide bonds. The number of carbonyl (C=O) groups excluding carboxylic acids is 3. The number of methoxy groups -OCH3 is 1. The molecule has 3 aliphatic rings. The van der Waals surface area contributed by atoms with E-state index in [0.29, 0.717) is 48.1 Å². The minimum Gasteiger partial charge on any atom is -0.494 e. The van der Waals surface area contributed by atoms with E-state index in [9.17, 15) is 32.3 Å². The Hall–Kier alpha value is -6.78. The molecule has 69 heavy (non-hydrogen) atoms. The van der Waals surface area contributed by atoms with Gasteiger partial charge in [0.1, 0.15) is 30.3 Å². The Labute approximate surface area is 397 Å². The number of ether oxygens (including phenoxy) is 3. The molecule has 0 unspecified atom stereocenters. The molecule has 0 spiro atoms. The number of hydrogen-bond acceptors (Lipinski definition) is 12. The van der Waals surface area contributed by atoms with Gasteiger partial charge in [-0.1, -0.05) is 17.9 Å². The van der Waals surface area contributed by atoms with Gasteiger partial charge in [0.2, 0.25) is 5.91 Å². The van der Waals surface area contributed by atoms with Gasteiger partial charge in [0.05, 0.1) is 60.6 Å². The zero-order valence-electron chi connectivity index (χ0n) is 38.7. The van der Waals surface area contributed by atoms with Crippen LogP contribution in [0.4, 0.5) is 30.2 Å². The first-order valence-corrected chi connectivity index (χ1v) is 23.4. The zero-order valence-corrected chi connectivity index (χ0v) is 38.7. The number of likely N-dealkylation sites (tertiary alicyclic amines) is 1. The third-order valence-electron chi connectivity index (χ3n) is 13.0. The zero-order chi connectivity index (χ0) is 48.5. The minimum absolute atomic E-state index is 0.145. The number of anilines is 3. The van der Waals surface area contributed by atoms with Crippen LogP contribution in [-0.2, 0) is 31.8 Å². The number of carbonyl (C=O) groups is 3. The van der Waals surface area contributed by atoms with Crippen LogP contribution < -0.4 is 25.8 Å². The van der Waals surface area contributed by atoms with Gasteiger partial charge in [-0.3, -0.25) is 28.8 Å². The van der Waals surface area contributed by atoms with Gasteiger partial charge in [0.25, 0.3) is 11.5 Å². The number of amides is 2. The summed E-state index contributed by atoms with van der Waals surface area (Å²) in [7, 11) is 1.46. The molecule has 6 heterocycles. The van der Waals surface area contributed by atoms with Crippen LogP contribution in [0.25, 0.3) is 10.9 Å². The topological polar surface area (TPSA) is 175 Å². The number of hydrogen-bond donors (Lipinski definition) is 2. The number of alkyl halides is 3. The number of aromatic nitrogens is 5. The Balaban J connectivity index is 0.754. The van der Waals surface area contributed by atoms with E-state index in [1.807, 2.05) is 16.9 Å². The molecule has 364 valence electrons. The summed E-state index contributed by atoms with van der Waals surface area (Å²) in [6.45, 7) is 6.25. The first kappa shape index (κ1) is 48.7. The maximum absolute atomic E-state index is 13.3. The largest absolute Gasteiger partial charge is 0.494 e. The average Bonchev–Trinajstić information content (AvgIpc) is 3.77. The summed E-state index contributed by atoms with van der Waals surface area (Å²) in [6, 6.07) is 11.7.